The summed E-state index contributed by atoms with van der Waals surface area (Å²) >= 11 is 3.86. The second-order valence-electron chi connectivity index (χ2n) is 5.11. The van der Waals surface area contributed by atoms with Gasteiger partial charge in [-0.15, -0.1) is 0 Å². The summed E-state index contributed by atoms with van der Waals surface area (Å²) in [5, 5.41) is -0.333. The number of rotatable bonds is 4. The van der Waals surface area contributed by atoms with Crippen LogP contribution in [0.15, 0.2) is 0 Å². The summed E-state index contributed by atoms with van der Waals surface area (Å²) in [6, 6.07) is 0. The number of carbonyl (C=O) groups is 1. The molecule has 0 bridgehead atoms. The molecule has 0 spiro atoms. The molecule has 0 aromatic carbocycles. The van der Waals surface area contributed by atoms with Crippen molar-refractivity contribution in [1.82, 2.24) is 0 Å². The minimum atomic E-state index is -6.33. The van der Waals surface area contributed by atoms with Crippen LogP contribution in [0, 0.1) is 5.41 Å². The Labute approximate surface area is 143 Å². The van der Waals surface area contributed by atoms with Crippen LogP contribution in [0.2, 0.25) is 0 Å². The van der Waals surface area contributed by atoms with Crippen LogP contribution in [0.3, 0.4) is 0 Å². The van der Waals surface area contributed by atoms with Gasteiger partial charge in [-0.1, -0.05) is 31.9 Å². The van der Waals surface area contributed by atoms with E-state index in [0.29, 0.717) is 0 Å². The van der Waals surface area contributed by atoms with Crippen molar-refractivity contribution in [3.8, 4) is 0 Å². The van der Waals surface area contributed by atoms with Gasteiger partial charge in [0.25, 0.3) is 0 Å². The van der Waals surface area contributed by atoms with Crippen LogP contribution in [0.1, 0.15) is 0 Å². The maximum Gasteiger partial charge on any atom is 0.378 e. The van der Waals surface area contributed by atoms with Crippen molar-refractivity contribution in [1.29, 1.82) is 0 Å². The highest BCUT2D eigenvalue weighted by molar-refractivity contribution is 9.10. The van der Waals surface area contributed by atoms with Crippen molar-refractivity contribution < 1.29 is 53.4 Å². The Kier molecular flexibility index (Phi) is 3.94. The fourth-order valence-corrected chi connectivity index (χ4v) is 4.47. The normalized spacial score (nSPS) is 37.7. The Hall–Kier alpha value is -0.270. The Bertz CT molecular complexity index is 562. The quantitative estimate of drug-likeness (QED) is 0.324. The Morgan fingerprint density at radius 1 is 0.875 bits per heavy atom. The molecular weight excluding hydrogens is 502 g/mol. The summed E-state index contributed by atoms with van der Waals surface area (Å²) in [6.45, 7) is -0.927. The van der Waals surface area contributed by atoms with Gasteiger partial charge in [0, 0.05) is 5.33 Å². The largest absolute Gasteiger partial charge is 0.460 e. The standard InChI is InChI=1S/C10H4Br2F10O2/c11-1-2-24-3(23)4(13,14)5-6(12,9(19,20)7(5,15)16)10(21,22)8(5,17)18/h1-2H2. The van der Waals surface area contributed by atoms with Gasteiger partial charge in [-0.25, -0.2) is 4.79 Å². The van der Waals surface area contributed by atoms with E-state index in [1.165, 1.54) is 15.9 Å². The topological polar surface area (TPSA) is 26.3 Å². The first-order valence-corrected chi connectivity index (χ1v) is 7.71. The Morgan fingerprint density at radius 3 is 1.58 bits per heavy atom. The highest BCUT2D eigenvalue weighted by Gasteiger charge is 3.21. The van der Waals surface area contributed by atoms with Crippen molar-refractivity contribution in [2.75, 3.05) is 11.9 Å². The van der Waals surface area contributed by atoms with E-state index in [2.05, 4.69) is 20.7 Å². The number of esters is 1. The van der Waals surface area contributed by atoms with E-state index in [1.54, 1.807) is 0 Å². The van der Waals surface area contributed by atoms with Crippen LogP contribution in [0.4, 0.5) is 43.9 Å². The summed E-state index contributed by atoms with van der Waals surface area (Å²) in [7, 11) is 0. The van der Waals surface area contributed by atoms with E-state index in [0.717, 1.165) is 0 Å². The molecule has 2 saturated carbocycles. The first-order chi connectivity index (χ1) is 10.5. The van der Waals surface area contributed by atoms with Gasteiger partial charge in [0.2, 0.25) is 5.41 Å². The molecule has 0 amide bonds. The van der Waals surface area contributed by atoms with Gasteiger partial charge in [0.1, 0.15) is 6.61 Å². The number of carbonyl (C=O) groups excluding carboxylic acids is 1. The molecule has 2 aliphatic carbocycles. The number of hydrogen-bond donors (Lipinski definition) is 0. The van der Waals surface area contributed by atoms with Crippen LogP contribution in [0.5, 0.6) is 0 Å². The van der Waals surface area contributed by atoms with Crippen molar-refractivity contribution in [3.63, 3.8) is 0 Å². The van der Waals surface area contributed by atoms with Crippen molar-refractivity contribution >= 4 is 37.8 Å². The van der Waals surface area contributed by atoms with Gasteiger partial charge in [0.15, 0.2) is 4.32 Å². The third kappa shape index (κ3) is 1.40. The van der Waals surface area contributed by atoms with E-state index < -0.39 is 51.9 Å². The molecule has 14 heteroatoms. The lowest BCUT2D eigenvalue weighted by atomic mass is 9.36. The average Bonchev–Trinajstić information content (AvgIpc) is 2.42. The van der Waals surface area contributed by atoms with Crippen LogP contribution >= 0.6 is 31.9 Å². The highest BCUT2D eigenvalue weighted by atomic mass is 79.9. The Balaban J connectivity index is 2.70. The molecule has 2 rings (SSSR count). The first-order valence-electron chi connectivity index (χ1n) is 5.79. The zero-order chi connectivity index (χ0) is 19.2. The second-order valence-corrected chi connectivity index (χ2v) is 7.09. The predicted octanol–water partition coefficient (Wildman–Crippen LogP) is 4.25. The molecule has 2 aliphatic rings. The lowest BCUT2D eigenvalue weighted by molar-refractivity contribution is -0.572. The lowest BCUT2D eigenvalue weighted by Gasteiger charge is -2.76. The van der Waals surface area contributed by atoms with E-state index in [-0.39, 0.29) is 5.33 Å². The van der Waals surface area contributed by atoms with Crippen LogP contribution in [-0.4, -0.2) is 51.8 Å². The number of ether oxygens (including phenoxy) is 1. The molecule has 0 aromatic heterocycles. The summed E-state index contributed by atoms with van der Waals surface area (Å²) < 4.78 is 135. The van der Waals surface area contributed by atoms with E-state index in [1.807, 2.05) is 0 Å². The molecule has 0 aliphatic heterocycles. The Morgan fingerprint density at radius 2 is 1.25 bits per heavy atom. The van der Waals surface area contributed by atoms with Gasteiger partial charge in [0.05, 0.1) is 0 Å². The van der Waals surface area contributed by atoms with Gasteiger partial charge in [-0.2, -0.15) is 43.9 Å². The minimum Gasteiger partial charge on any atom is -0.460 e. The fraction of sp³-hybridized carbons (Fsp3) is 0.900. The monoisotopic (exact) mass is 504 g/mol. The van der Waals surface area contributed by atoms with Gasteiger partial charge >= 0.3 is 35.6 Å². The van der Waals surface area contributed by atoms with Gasteiger partial charge in [-0.3, -0.25) is 0 Å². The van der Waals surface area contributed by atoms with E-state index >= 15 is 0 Å². The third-order valence-corrected chi connectivity index (χ3v) is 6.06. The number of hydrogen-bond acceptors (Lipinski definition) is 2. The maximum atomic E-state index is 14.0. The fourth-order valence-electron chi connectivity index (χ4n) is 3.06. The predicted molar refractivity (Wildman–Crippen MR) is 63.6 cm³/mol. The molecule has 0 heterocycles. The third-order valence-electron chi connectivity index (χ3n) is 4.15. The molecule has 0 N–H and O–H groups in total. The number of alkyl halides is 12. The zero-order valence-corrected chi connectivity index (χ0v) is 13.9. The molecule has 0 aromatic rings. The maximum absolute atomic E-state index is 14.0. The summed E-state index contributed by atoms with van der Waals surface area (Å²) in [6.07, 6.45) is 0. The second kappa shape index (κ2) is 4.71. The van der Waals surface area contributed by atoms with Gasteiger partial charge in [-0.05, 0) is 0 Å². The molecule has 2 nitrogen and oxygen atoms in total. The van der Waals surface area contributed by atoms with Gasteiger partial charge < -0.3 is 4.74 Å². The molecule has 0 unspecified atom stereocenters. The molecule has 0 saturated heterocycles. The van der Waals surface area contributed by atoms with Crippen molar-refractivity contribution in [2.24, 2.45) is 5.41 Å². The summed E-state index contributed by atoms with van der Waals surface area (Å²) in [5.74, 6) is -33.7. The SMILES string of the molecule is O=C(OCCBr)C(F)(F)C12C(F)(F)C(F)(F)C1(Br)C(F)(F)C2(F)F. The van der Waals surface area contributed by atoms with Crippen molar-refractivity contribution in [2.45, 2.75) is 33.9 Å². The molecule has 0 radical (unpaired) electrons. The summed E-state index contributed by atoms with van der Waals surface area (Å²) in [4.78, 5) is 11.2. The zero-order valence-electron chi connectivity index (χ0n) is 10.8. The minimum absolute atomic E-state index is 0.333. The average molecular weight is 506 g/mol. The number of halogens is 12. The molecule has 0 atom stereocenters. The molecule has 24 heavy (non-hydrogen) atoms. The molecule has 140 valence electrons. The number of fused-ring (bicyclic) bond motifs is 1. The van der Waals surface area contributed by atoms with Crippen LogP contribution in [0.25, 0.3) is 0 Å². The lowest BCUT2D eigenvalue weighted by Crippen LogP contribution is -3.06. The van der Waals surface area contributed by atoms with E-state index in [4.69, 9.17) is 0 Å². The smallest absolute Gasteiger partial charge is 0.378 e. The van der Waals surface area contributed by atoms with Crippen molar-refractivity contribution in [3.05, 3.63) is 0 Å². The first kappa shape index (κ1) is 20.0. The molecule has 2 fully saturated rings. The van der Waals surface area contributed by atoms with Crippen LogP contribution < -0.4 is 0 Å². The molecular formula is C10H4Br2F10O2. The van der Waals surface area contributed by atoms with Crippen LogP contribution in [-0.2, 0) is 9.53 Å². The van der Waals surface area contributed by atoms with E-state index in [9.17, 15) is 48.7 Å². The highest BCUT2D eigenvalue weighted by Crippen LogP contribution is 2.93. The summed E-state index contributed by atoms with van der Waals surface area (Å²) in [5.41, 5.74) is -5.70.